The Balaban J connectivity index is 2.10. The molecule has 19 heavy (non-hydrogen) atoms. The van der Waals surface area contributed by atoms with Crippen LogP contribution in [0, 0.1) is 12.7 Å². The molecule has 1 saturated carbocycles. The lowest BCUT2D eigenvalue weighted by Gasteiger charge is -2.16. The van der Waals surface area contributed by atoms with Crippen LogP contribution in [-0.2, 0) is 5.41 Å². The number of rotatable bonds is 3. The highest BCUT2D eigenvalue weighted by molar-refractivity contribution is 5.44. The van der Waals surface area contributed by atoms with Crippen LogP contribution in [0.2, 0.25) is 0 Å². The van der Waals surface area contributed by atoms with E-state index in [2.05, 4.69) is 27.4 Å². The first kappa shape index (κ1) is 12.1. The van der Waals surface area contributed by atoms with E-state index in [4.69, 9.17) is 0 Å². The van der Waals surface area contributed by atoms with Gasteiger partial charge in [0.2, 0.25) is 0 Å². The molecule has 0 radical (unpaired) electrons. The first-order valence-corrected chi connectivity index (χ1v) is 6.45. The van der Waals surface area contributed by atoms with E-state index in [-0.39, 0.29) is 17.1 Å². The molecule has 1 N–H and O–H groups in total. The monoisotopic (exact) mass is 257 g/mol. The predicted molar refractivity (Wildman–Crippen MR) is 72.7 cm³/mol. The summed E-state index contributed by atoms with van der Waals surface area (Å²) in [6.07, 6.45) is 2.04. The molecule has 4 heteroatoms. The lowest BCUT2D eigenvalue weighted by atomic mass is 9.95. The second-order valence-electron chi connectivity index (χ2n) is 4.99. The molecule has 2 aromatic rings. The number of halogens is 1. The van der Waals surface area contributed by atoms with E-state index < -0.39 is 0 Å². The van der Waals surface area contributed by atoms with Crippen molar-refractivity contribution in [1.29, 1.82) is 0 Å². The Morgan fingerprint density at radius 2 is 1.84 bits per heavy atom. The number of benzene rings is 1. The molecule has 0 amide bonds. The molecule has 0 aliphatic heterocycles. The van der Waals surface area contributed by atoms with Crippen LogP contribution in [-0.4, -0.2) is 17.0 Å². The van der Waals surface area contributed by atoms with Crippen LogP contribution in [0.4, 0.5) is 10.2 Å². The second-order valence-corrected chi connectivity index (χ2v) is 4.99. The number of nitrogens with one attached hydrogen (secondary N) is 1. The molecule has 0 bridgehead atoms. The van der Waals surface area contributed by atoms with Crippen LogP contribution >= 0.6 is 0 Å². The summed E-state index contributed by atoms with van der Waals surface area (Å²) < 4.78 is 13.8. The van der Waals surface area contributed by atoms with E-state index in [0.717, 1.165) is 18.7 Å². The van der Waals surface area contributed by atoms with Crippen molar-refractivity contribution in [2.75, 3.05) is 12.4 Å². The Bertz CT molecular complexity index is 606. The molecule has 0 saturated heterocycles. The van der Waals surface area contributed by atoms with Gasteiger partial charge in [-0.05, 0) is 25.3 Å². The van der Waals surface area contributed by atoms with Crippen molar-refractivity contribution in [2.24, 2.45) is 0 Å². The zero-order chi connectivity index (χ0) is 13.5. The zero-order valence-electron chi connectivity index (χ0n) is 11.1. The topological polar surface area (TPSA) is 37.8 Å². The van der Waals surface area contributed by atoms with Crippen molar-refractivity contribution in [3.05, 3.63) is 53.2 Å². The average Bonchev–Trinajstić information content (AvgIpc) is 3.24. The highest BCUT2D eigenvalue weighted by Crippen LogP contribution is 2.52. The second kappa shape index (κ2) is 4.30. The van der Waals surface area contributed by atoms with Gasteiger partial charge < -0.3 is 5.32 Å². The van der Waals surface area contributed by atoms with Gasteiger partial charge in [0, 0.05) is 7.05 Å². The minimum atomic E-state index is -0.366. The fraction of sp³-hybridized carbons (Fsp3) is 0.333. The standard InChI is InChI=1S/C15H16FN3/c1-10-12(16)13(17-2)19-14(18-10)15(8-9-15)11-6-4-3-5-7-11/h3-7H,8-9H2,1-2H3,(H,17,18,19). The molecule has 3 rings (SSSR count). The highest BCUT2D eigenvalue weighted by atomic mass is 19.1. The summed E-state index contributed by atoms with van der Waals surface area (Å²) in [7, 11) is 1.68. The number of nitrogens with zero attached hydrogens (tertiary/aromatic N) is 2. The van der Waals surface area contributed by atoms with Crippen molar-refractivity contribution < 1.29 is 4.39 Å². The van der Waals surface area contributed by atoms with Gasteiger partial charge in [0.15, 0.2) is 11.6 Å². The van der Waals surface area contributed by atoms with Crippen LogP contribution in [0.3, 0.4) is 0 Å². The third-order valence-electron chi connectivity index (χ3n) is 3.76. The number of anilines is 1. The van der Waals surface area contributed by atoms with Crippen LogP contribution in [0.1, 0.15) is 29.9 Å². The van der Waals surface area contributed by atoms with Gasteiger partial charge in [0.1, 0.15) is 5.82 Å². The van der Waals surface area contributed by atoms with Gasteiger partial charge in [-0.2, -0.15) is 0 Å². The van der Waals surface area contributed by atoms with Gasteiger partial charge in [-0.1, -0.05) is 30.3 Å². The molecule has 0 atom stereocenters. The molecule has 3 nitrogen and oxygen atoms in total. The smallest absolute Gasteiger partial charge is 0.186 e. The molecule has 0 spiro atoms. The van der Waals surface area contributed by atoms with Gasteiger partial charge in [-0.3, -0.25) is 0 Å². The lowest BCUT2D eigenvalue weighted by molar-refractivity contribution is 0.594. The average molecular weight is 257 g/mol. The molecule has 1 heterocycles. The molecule has 0 unspecified atom stereocenters. The first-order valence-electron chi connectivity index (χ1n) is 6.45. The van der Waals surface area contributed by atoms with Crippen molar-refractivity contribution in [3.63, 3.8) is 0 Å². The third kappa shape index (κ3) is 1.87. The summed E-state index contributed by atoms with van der Waals surface area (Å²) in [6.45, 7) is 1.68. The van der Waals surface area contributed by atoms with Crippen LogP contribution in [0.25, 0.3) is 0 Å². The Kier molecular flexibility index (Phi) is 2.73. The van der Waals surface area contributed by atoms with Gasteiger partial charge in [0.05, 0.1) is 11.1 Å². The van der Waals surface area contributed by atoms with Crippen molar-refractivity contribution >= 4 is 5.82 Å². The number of hydrogen-bond donors (Lipinski definition) is 1. The summed E-state index contributed by atoms with van der Waals surface area (Å²) >= 11 is 0. The minimum absolute atomic E-state index is 0.120. The maximum atomic E-state index is 13.8. The van der Waals surface area contributed by atoms with Crippen LogP contribution in [0.5, 0.6) is 0 Å². The number of aryl methyl sites for hydroxylation is 1. The van der Waals surface area contributed by atoms with Gasteiger partial charge in [-0.15, -0.1) is 0 Å². The maximum absolute atomic E-state index is 13.8. The van der Waals surface area contributed by atoms with Crippen molar-refractivity contribution in [1.82, 2.24) is 9.97 Å². The summed E-state index contributed by atoms with van der Waals surface area (Å²) in [4.78, 5) is 8.73. The molecular formula is C15H16FN3. The van der Waals surface area contributed by atoms with E-state index in [0.29, 0.717) is 5.69 Å². The SMILES string of the molecule is CNc1nc(C2(c3ccccc3)CC2)nc(C)c1F. The van der Waals surface area contributed by atoms with Gasteiger partial charge >= 0.3 is 0 Å². The molecule has 1 aliphatic carbocycles. The Morgan fingerprint density at radius 3 is 2.42 bits per heavy atom. The van der Waals surface area contributed by atoms with Gasteiger partial charge in [0.25, 0.3) is 0 Å². The maximum Gasteiger partial charge on any atom is 0.186 e. The fourth-order valence-corrected chi connectivity index (χ4v) is 2.46. The first-order chi connectivity index (χ1) is 9.17. The number of aromatic nitrogens is 2. The normalized spacial score (nSPS) is 16.2. The largest absolute Gasteiger partial charge is 0.371 e. The quantitative estimate of drug-likeness (QED) is 0.918. The van der Waals surface area contributed by atoms with Crippen LogP contribution in [0.15, 0.2) is 30.3 Å². The van der Waals surface area contributed by atoms with Gasteiger partial charge in [-0.25, -0.2) is 14.4 Å². The molecular weight excluding hydrogens is 241 g/mol. The minimum Gasteiger partial charge on any atom is -0.371 e. The van der Waals surface area contributed by atoms with E-state index in [9.17, 15) is 4.39 Å². The van der Waals surface area contributed by atoms with E-state index in [1.54, 1.807) is 14.0 Å². The summed E-state index contributed by atoms with van der Waals surface area (Å²) in [6, 6.07) is 10.2. The van der Waals surface area contributed by atoms with Crippen molar-refractivity contribution in [2.45, 2.75) is 25.2 Å². The summed E-state index contributed by atoms with van der Waals surface area (Å²) in [5.41, 5.74) is 1.49. The predicted octanol–water partition coefficient (Wildman–Crippen LogP) is 3.05. The van der Waals surface area contributed by atoms with Crippen molar-refractivity contribution in [3.8, 4) is 0 Å². The lowest BCUT2D eigenvalue weighted by Crippen LogP contribution is -2.16. The zero-order valence-corrected chi connectivity index (χ0v) is 11.1. The summed E-state index contributed by atoms with van der Waals surface area (Å²) in [5, 5.41) is 2.80. The van der Waals surface area contributed by atoms with E-state index in [1.165, 1.54) is 5.56 Å². The summed E-state index contributed by atoms with van der Waals surface area (Å²) in [5.74, 6) is 0.641. The Morgan fingerprint density at radius 1 is 1.16 bits per heavy atom. The molecule has 1 aromatic carbocycles. The molecule has 1 aromatic heterocycles. The van der Waals surface area contributed by atoms with E-state index in [1.807, 2.05) is 18.2 Å². The Labute approximate surface area is 111 Å². The number of hydrogen-bond acceptors (Lipinski definition) is 3. The molecule has 1 aliphatic rings. The van der Waals surface area contributed by atoms with E-state index >= 15 is 0 Å². The van der Waals surface area contributed by atoms with Crippen LogP contribution < -0.4 is 5.32 Å². The third-order valence-corrected chi connectivity index (χ3v) is 3.76. The Hall–Kier alpha value is -1.97. The fourth-order valence-electron chi connectivity index (χ4n) is 2.46. The molecule has 98 valence electrons. The molecule has 1 fully saturated rings. The highest BCUT2D eigenvalue weighted by Gasteiger charge is 2.49.